The van der Waals surface area contributed by atoms with Crippen LogP contribution >= 0.6 is 11.8 Å². The van der Waals surface area contributed by atoms with Gasteiger partial charge in [0.25, 0.3) is 0 Å². The highest BCUT2D eigenvalue weighted by Crippen LogP contribution is 2.09. The van der Waals surface area contributed by atoms with Gasteiger partial charge in [-0.05, 0) is 30.2 Å². The molecule has 1 heterocycles. The maximum absolute atomic E-state index is 4.07. The number of thioether (sulfide) groups is 1. The monoisotopic (exact) mass is 192 g/mol. The first-order chi connectivity index (χ1) is 6.33. The van der Waals surface area contributed by atoms with E-state index in [1.165, 1.54) is 4.91 Å². The maximum atomic E-state index is 4.07. The molecule has 0 aliphatic heterocycles. The topological polar surface area (TPSA) is 25.8 Å². The lowest BCUT2D eigenvalue weighted by Gasteiger charge is -1.89. The van der Waals surface area contributed by atoms with E-state index in [4.69, 9.17) is 0 Å². The molecule has 0 unspecified atom stereocenters. The van der Waals surface area contributed by atoms with Crippen LogP contribution in [0.15, 0.2) is 35.5 Å². The molecule has 2 nitrogen and oxygen atoms in total. The number of hydrogen-bond acceptors (Lipinski definition) is 3. The van der Waals surface area contributed by atoms with E-state index in [0.717, 1.165) is 5.82 Å². The quantitative estimate of drug-likeness (QED) is 0.689. The molecule has 0 fully saturated rings. The van der Waals surface area contributed by atoms with E-state index in [1.807, 2.05) is 18.2 Å². The Bertz CT molecular complexity index is 304. The molecule has 0 aliphatic rings. The second kappa shape index (κ2) is 5.54. The first kappa shape index (κ1) is 9.99. The van der Waals surface area contributed by atoms with Crippen LogP contribution in [0.3, 0.4) is 0 Å². The van der Waals surface area contributed by atoms with Gasteiger partial charge < -0.3 is 0 Å². The van der Waals surface area contributed by atoms with Gasteiger partial charge in [-0.15, -0.1) is 11.8 Å². The number of aromatic nitrogens is 2. The van der Waals surface area contributed by atoms with Gasteiger partial charge in [-0.25, -0.2) is 9.97 Å². The molecule has 1 aromatic heterocycles. The van der Waals surface area contributed by atoms with Crippen LogP contribution < -0.4 is 0 Å². The zero-order chi connectivity index (χ0) is 9.52. The van der Waals surface area contributed by atoms with Crippen LogP contribution in [0.5, 0.6) is 0 Å². The zero-order valence-corrected chi connectivity index (χ0v) is 8.58. The molecular weight excluding hydrogens is 180 g/mol. The Balaban J connectivity index is 2.60. The Hall–Kier alpha value is -1.09. The van der Waals surface area contributed by atoms with Crippen LogP contribution in [0.25, 0.3) is 6.08 Å². The van der Waals surface area contributed by atoms with Gasteiger partial charge in [0.2, 0.25) is 0 Å². The molecule has 0 radical (unpaired) electrons. The third kappa shape index (κ3) is 3.90. The summed E-state index contributed by atoms with van der Waals surface area (Å²) in [6.07, 6.45) is 11.4. The third-order valence-electron chi connectivity index (χ3n) is 1.48. The van der Waals surface area contributed by atoms with Gasteiger partial charge in [0, 0.05) is 12.4 Å². The SMILES string of the molecule is CS/C(C)=C\C=C\c1ncccn1. The Kier molecular flexibility index (Phi) is 4.26. The van der Waals surface area contributed by atoms with E-state index in [0.29, 0.717) is 0 Å². The largest absolute Gasteiger partial charge is 0.237 e. The summed E-state index contributed by atoms with van der Waals surface area (Å²) in [5, 5.41) is 0. The summed E-state index contributed by atoms with van der Waals surface area (Å²) in [5.74, 6) is 0.743. The van der Waals surface area contributed by atoms with Gasteiger partial charge in [0.1, 0.15) is 0 Å². The van der Waals surface area contributed by atoms with Crippen LogP contribution in [-0.2, 0) is 0 Å². The summed E-state index contributed by atoms with van der Waals surface area (Å²) in [7, 11) is 0. The molecule has 0 aromatic carbocycles. The first-order valence-electron chi connectivity index (χ1n) is 3.99. The van der Waals surface area contributed by atoms with E-state index in [9.17, 15) is 0 Å². The van der Waals surface area contributed by atoms with Gasteiger partial charge in [-0.2, -0.15) is 0 Å². The van der Waals surface area contributed by atoms with Crippen molar-refractivity contribution >= 4 is 17.8 Å². The summed E-state index contributed by atoms with van der Waals surface area (Å²) < 4.78 is 0. The summed E-state index contributed by atoms with van der Waals surface area (Å²) in [6, 6.07) is 1.81. The molecule has 0 N–H and O–H groups in total. The predicted molar refractivity (Wildman–Crippen MR) is 58.3 cm³/mol. The van der Waals surface area contributed by atoms with Gasteiger partial charge in [0.05, 0.1) is 0 Å². The van der Waals surface area contributed by atoms with Gasteiger partial charge in [-0.1, -0.05) is 12.2 Å². The second-order valence-electron chi connectivity index (χ2n) is 2.45. The number of nitrogens with zero attached hydrogens (tertiary/aromatic N) is 2. The molecule has 3 heteroatoms. The average Bonchev–Trinajstić information content (AvgIpc) is 2.19. The predicted octanol–water partition coefficient (Wildman–Crippen LogP) is 2.76. The van der Waals surface area contributed by atoms with E-state index in [2.05, 4.69) is 23.1 Å². The van der Waals surface area contributed by atoms with Crippen LogP contribution in [0.2, 0.25) is 0 Å². The molecular formula is C10H12N2S. The highest BCUT2D eigenvalue weighted by Gasteiger charge is 1.84. The van der Waals surface area contributed by atoms with Crippen molar-refractivity contribution in [2.24, 2.45) is 0 Å². The zero-order valence-electron chi connectivity index (χ0n) is 7.77. The van der Waals surface area contributed by atoms with Crippen molar-refractivity contribution in [2.75, 3.05) is 6.26 Å². The van der Waals surface area contributed by atoms with E-state index in [1.54, 1.807) is 30.2 Å². The summed E-state index contributed by atoms with van der Waals surface area (Å²) >= 11 is 1.73. The van der Waals surface area contributed by atoms with Crippen molar-refractivity contribution in [1.29, 1.82) is 0 Å². The molecule has 68 valence electrons. The van der Waals surface area contributed by atoms with Crippen LogP contribution in [-0.4, -0.2) is 16.2 Å². The van der Waals surface area contributed by atoms with Crippen LogP contribution in [0.4, 0.5) is 0 Å². The minimum absolute atomic E-state index is 0.743. The fourth-order valence-corrected chi connectivity index (χ4v) is 0.949. The number of allylic oxidation sites excluding steroid dienone is 3. The molecule has 1 aromatic rings. The van der Waals surface area contributed by atoms with Crippen molar-refractivity contribution in [1.82, 2.24) is 9.97 Å². The third-order valence-corrected chi connectivity index (χ3v) is 2.26. The van der Waals surface area contributed by atoms with Crippen molar-refractivity contribution in [3.63, 3.8) is 0 Å². The second-order valence-corrected chi connectivity index (χ2v) is 3.50. The molecule has 0 aliphatic carbocycles. The smallest absolute Gasteiger partial charge is 0.151 e. The van der Waals surface area contributed by atoms with Gasteiger partial charge in [-0.3, -0.25) is 0 Å². The van der Waals surface area contributed by atoms with Crippen molar-refractivity contribution in [2.45, 2.75) is 6.92 Å². The molecule has 0 spiro atoms. The van der Waals surface area contributed by atoms with Crippen molar-refractivity contribution in [3.8, 4) is 0 Å². The minimum Gasteiger partial charge on any atom is -0.237 e. The normalized spacial score (nSPS) is 12.3. The highest BCUT2D eigenvalue weighted by atomic mass is 32.2. The van der Waals surface area contributed by atoms with E-state index >= 15 is 0 Å². The van der Waals surface area contributed by atoms with Gasteiger partial charge in [0.15, 0.2) is 5.82 Å². The van der Waals surface area contributed by atoms with Crippen LogP contribution in [0.1, 0.15) is 12.7 Å². The maximum Gasteiger partial charge on any atom is 0.151 e. The Morgan fingerprint density at radius 3 is 2.69 bits per heavy atom. The standard InChI is InChI=1S/C10H12N2S/c1-9(13-2)5-3-6-10-11-7-4-8-12-10/h3-8H,1-2H3/b6-3+,9-5-. The Morgan fingerprint density at radius 2 is 2.08 bits per heavy atom. The Labute approximate surface area is 82.8 Å². The number of rotatable bonds is 3. The summed E-state index contributed by atoms with van der Waals surface area (Å²) in [4.78, 5) is 9.41. The summed E-state index contributed by atoms with van der Waals surface area (Å²) in [5.41, 5.74) is 0. The van der Waals surface area contributed by atoms with Crippen molar-refractivity contribution < 1.29 is 0 Å². The highest BCUT2D eigenvalue weighted by molar-refractivity contribution is 8.02. The number of hydrogen-bond donors (Lipinski definition) is 0. The Morgan fingerprint density at radius 1 is 1.38 bits per heavy atom. The fourth-order valence-electron chi connectivity index (χ4n) is 0.734. The molecule has 1 rings (SSSR count). The van der Waals surface area contributed by atoms with E-state index < -0.39 is 0 Å². The molecule has 0 bridgehead atoms. The molecule has 13 heavy (non-hydrogen) atoms. The lowest BCUT2D eigenvalue weighted by atomic mass is 10.4. The van der Waals surface area contributed by atoms with Gasteiger partial charge >= 0.3 is 0 Å². The minimum atomic E-state index is 0.743. The molecule has 0 atom stereocenters. The summed E-state index contributed by atoms with van der Waals surface area (Å²) in [6.45, 7) is 2.07. The van der Waals surface area contributed by atoms with Crippen molar-refractivity contribution in [3.05, 3.63) is 41.3 Å². The average molecular weight is 192 g/mol. The van der Waals surface area contributed by atoms with E-state index in [-0.39, 0.29) is 0 Å². The molecule has 0 amide bonds. The lowest BCUT2D eigenvalue weighted by molar-refractivity contribution is 1.13. The van der Waals surface area contributed by atoms with Crippen LogP contribution in [0, 0.1) is 0 Å². The first-order valence-corrected chi connectivity index (χ1v) is 5.21. The fraction of sp³-hybridized carbons (Fsp3) is 0.200. The molecule has 0 saturated carbocycles. The molecule has 0 saturated heterocycles. The lowest BCUT2D eigenvalue weighted by Crippen LogP contribution is -1.82.